The SMILES string of the molecule is O=C(Nc1ccccc1Cl)C1CCCCN1S(=O)(=O)c1ccc(Cl)s1. The molecular formula is C16H16Cl2N2O3S2. The lowest BCUT2D eigenvalue weighted by Crippen LogP contribution is -2.49. The molecule has 1 fully saturated rings. The first-order valence-electron chi connectivity index (χ1n) is 7.72. The number of halogens is 2. The summed E-state index contributed by atoms with van der Waals surface area (Å²) in [4.78, 5) is 12.7. The van der Waals surface area contributed by atoms with Gasteiger partial charge in [0.1, 0.15) is 10.3 Å². The van der Waals surface area contributed by atoms with Crippen LogP contribution in [0.5, 0.6) is 0 Å². The predicted octanol–water partition coefficient (Wildman–Crippen LogP) is 4.24. The van der Waals surface area contributed by atoms with Crippen molar-refractivity contribution in [2.45, 2.75) is 29.5 Å². The normalized spacial score (nSPS) is 18.9. The van der Waals surface area contributed by atoms with Crippen LogP contribution in [0.15, 0.2) is 40.6 Å². The van der Waals surface area contributed by atoms with E-state index in [2.05, 4.69) is 5.32 Å². The lowest BCUT2D eigenvalue weighted by Gasteiger charge is -2.33. The van der Waals surface area contributed by atoms with Gasteiger partial charge in [0.15, 0.2) is 0 Å². The standard InChI is InChI=1S/C16H16Cl2N2O3S2/c17-11-5-1-2-6-12(11)19-16(21)13-7-3-4-10-20(13)25(22,23)15-9-8-14(18)24-15/h1-2,5-6,8-9,13H,3-4,7,10H2,(H,19,21). The smallest absolute Gasteiger partial charge is 0.253 e. The lowest BCUT2D eigenvalue weighted by molar-refractivity contribution is -0.120. The second-order valence-electron chi connectivity index (χ2n) is 5.65. The van der Waals surface area contributed by atoms with Crippen LogP contribution in [0, 0.1) is 0 Å². The number of hydrogen-bond acceptors (Lipinski definition) is 4. The molecule has 0 aliphatic carbocycles. The van der Waals surface area contributed by atoms with Gasteiger partial charge < -0.3 is 5.32 Å². The van der Waals surface area contributed by atoms with Gasteiger partial charge in [-0.25, -0.2) is 8.42 Å². The van der Waals surface area contributed by atoms with Gasteiger partial charge in [-0.15, -0.1) is 11.3 Å². The molecule has 25 heavy (non-hydrogen) atoms. The van der Waals surface area contributed by atoms with E-state index in [4.69, 9.17) is 23.2 Å². The van der Waals surface area contributed by atoms with Gasteiger partial charge in [-0.2, -0.15) is 4.31 Å². The fourth-order valence-corrected chi connectivity index (χ4v) is 6.24. The molecular weight excluding hydrogens is 403 g/mol. The molecule has 1 aliphatic rings. The minimum atomic E-state index is -3.76. The molecule has 2 aromatic rings. The van der Waals surface area contributed by atoms with Gasteiger partial charge in [0.25, 0.3) is 10.0 Å². The van der Waals surface area contributed by atoms with Gasteiger partial charge in [-0.05, 0) is 37.1 Å². The molecule has 1 saturated heterocycles. The molecule has 5 nitrogen and oxygen atoms in total. The number of carbonyl (C=O) groups excluding carboxylic acids is 1. The van der Waals surface area contributed by atoms with Crippen LogP contribution in [-0.4, -0.2) is 31.2 Å². The van der Waals surface area contributed by atoms with Crippen molar-refractivity contribution in [1.82, 2.24) is 4.31 Å². The van der Waals surface area contributed by atoms with Crippen LogP contribution in [0.2, 0.25) is 9.36 Å². The number of amides is 1. The number of thiophene rings is 1. The number of nitrogens with zero attached hydrogens (tertiary/aromatic N) is 1. The summed E-state index contributed by atoms with van der Waals surface area (Å²) in [5.41, 5.74) is 0.469. The highest BCUT2D eigenvalue weighted by molar-refractivity contribution is 7.91. The van der Waals surface area contributed by atoms with Crippen molar-refractivity contribution in [2.24, 2.45) is 0 Å². The molecule has 1 atom stereocenters. The maximum Gasteiger partial charge on any atom is 0.253 e. The number of piperidine rings is 1. The number of hydrogen-bond donors (Lipinski definition) is 1. The topological polar surface area (TPSA) is 66.5 Å². The molecule has 1 aromatic heterocycles. The monoisotopic (exact) mass is 418 g/mol. The average molecular weight is 419 g/mol. The van der Waals surface area contributed by atoms with E-state index >= 15 is 0 Å². The zero-order valence-corrected chi connectivity index (χ0v) is 16.3. The van der Waals surface area contributed by atoms with Crippen LogP contribution >= 0.6 is 34.5 Å². The Morgan fingerprint density at radius 1 is 1.16 bits per heavy atom. The Morgan fingerprint density at radius 2 is 1.92 bits per heavy atom. The van der Waals surface area contributed by atoms with E-state index in [0.717, 1.165) is 17.8 Å². The van der Waals surface area contributed by atoms with Gasteiger partial charge >= 0.3 is 0 Å². The van der Waals surface area contributed by atoms with E-state index in [9.17, 15) is 13.2 Å². The molecule has 2 heterocycles. The molecule has 9 heteroatoms. The number of anilines is 1. The Bertz CT molecular complexity index is 883. The fraction of sp³-hybridized carbons (Fsp3) is 0.312. The highest BCUT2D eigenvalue weighted by Gasteiger charge is 2.38. The van der Waals surface area contributed by atoms with Gasteiger partial charge in [-0.3, -0.25) is 4.79 Å². The number of rotatable bonds is 4. The fourth-order valence-electron chi connectivity index (χ4n) is 2.79. The highest BCUT2D eigenvalue weighted by atomic mass is 35.5. The van der Waals surface area contributed by atoms with Gasteiger partial charge in [0.05, 0.1) is 15.0 Å². The summed E-state index contributed by atoms with van der Waals surface area (Å²) in [6.45, 7) is 0.304. The van der Waals surface area contributed by atoms with Crippen molar-refractivity contribution < 1.29 is 13.2 Å². The summed E-state index contributed by atoms with van der Waals surface area (Å²) in [7, 11) is -3.76. The first-order valence-corrected chi connectivity index (χ1v) is 10.7. The van der Waals surface area contributed by atoms with E-state index in [1.807, 2.05) is 0 Å². The zero-order valence-electron chi connectivity index (χ0n) is 13.1. The number of sulfonamides is 1. The summed E-state index contributed by atoms with van der Waals surface area (Å²) >= 11 is 12.9. The Hall–Kier alpha value is -1.12. The third-order valence-corrected chi connectivity index (χ3v) is 7.94. The minimum Gasteiger partial charge on any atom is -0.323 e. The highest BCUT2D eigenvalue weighted by Crippen LogP contribution is 2.32. The molecule has 1 aliphatic heterocycles. The van der Waals surface area contributed by atoms with E-state index in [0.29, 0.717) is 34.4 Å². The molecule has 134 valence electrons. The first-order chi connectivity index (χ1) is 11.9. The summed E-state index contributed by atoms with van der Waals surface area (Å²) in [5, 5.41) is 3.15. The molecule has 0 bridgehead atoms. The van der Waals surface area contributed by atoms with Gasteiger partial charge in [0.2, 0.25) is 5.91 Å². The van der Waals surface area contributed by atoms with Crippen LogP contribution in [0.25, 0.3) is 0 Å². The van der Waals surface area contributed by atoms with Crippen LogP contribution in [0.4, 0.5) is 5.69 Å². The lowest BCUT2D eigenvalue weighted by atomic mass is 10.0. The Balaban J connectivity index is 1.86. The second-order valence-corrected chi connectivity index (χ2v) is 9.89. The molecule has 1 amide bonds. The molecule has 0 radical (unpaired) electrons. The summed E-state index contributed by atoms with van der Waals surface area (Å²) in [5.74, 6) is -0.376. The number of carbonyl (C=O) groups is 1. The maximum absolute atomic E-state index is 12.9. The van der Waals surface area contributed by atoms with Crippen molar-refractivity contribution in [2.75, 3.05) is 11.9 Å². The molecule has 1 unspecified atom stereocenters. The van der Waals surface area contributed by atoms with Crippen LogP contribution < -0.4 is 5.32 Å². The molecule has 3 rings (SSSR count). The summed E-state index contributed by atoms with van der Waals surface area (Å²) in [6.07, 6.45) is 1.97. The van der Waals surface area contributed by atoms with E-state index in [1.165, 1.54) is 10.4 Å². The number of benzene rings is 1. The van der Waals surface area contributed by atoms with Crippen molar-refractivity contribution in [3.63, 3.8) is 0 Å². The van der Waals surface area contributed by atoms with Crippen molar-refractivity contribution in [1.29, 1.82) is 0 Å². The number of para-hydroxylation sites is 1. The van der Waals surface area contributed by atoms with E-state index < -0.39 is 16.1 Å². The minimum absolute atomic E-state index is 0.148. The average Bonchev–Trinajstić information content (AvgIpc) is 3.04. The van der Waals surface area contributed by atoms with Crippen LogP contribution in [0.3, 0.4) is 0 Å². The Kier molecular flexibility index (Phi) is 5.70. The predicted molar refractivity (Wildman–Crippen MR) is 101 cm³/mol. The maximum atomic E-state index is 12.9. The molecule has 1 aromatic carbocycles. The van der Waals surface area contributed by atoms with E-state index in [-0.39, 0.29) is 10.1 Å². The van der Waals surface area contributed by atoms with E-state index in [1.54, 1.807) is 30.3 Å². The first kappa shape index (κ1) is 18.7. The van der Waals surface area contributed by atoms with Crippen molar-refractivity contribution in [3.05, 3.63) is 45.8 Å². The molecule has 1 N–H and O–H groups in total. The second kappa shape index (κ2) is 7.63. The largest absolute Gasteiger partial charge is 0.323 e. The summed E-state index contributed by atoms with van der Waals surface area (Å²) in [6, 6.07) is 9.11. The Labute approximate surface area is 160 Å². The third kappa shape index (κ3) is 4.01. The Morgan fingerprint density at radius 3 is 2.60 bits per heavy atom. The van der Waals surface area contributed by atoms with Crippen LogP contribution in [-0.2, 0) is 14.8 Å². The van der Waals surface area contributed by atoms with Gasteiger partial charge in [0, 0.05) is 6.54 Å². The quantitative estimate of drug-likeness (QED) is 0.806. The third-order valence-electron chi connectivity index (χ3n) is 4.00. The number of nitrogens with one attached hydrogen (secondary N) is 1. The molecule has 0 spiro atoms. The zero-order chi connectivity index (χ0) is 18.0. The molecule has 0 saturated carbocycles. The van der Waals surface area contributed by atoms with Gasteiger partial charge in [-0.1, -0.05) is 41.8 Å². The van der Waals surface area contributed by atoms with Crippen molar-refractivity contribution >= 4 is 56.2 Å². The van der Waals surface area contributed by atoms with Crippen molar-refractivity contribution in [3.8, 4) is 0 Å². The summed E-state index contributed by atoms with van der Waals surface area (Å²) < 4.78 is 27.6. The van der Waals surface area contributed by atoms with Crippen LogP contribution in [0.1, 0.15) is 19.3 Å².